The number of rotatable bonds is 5. The molecule has 3 nitrogen and oxygen atoms in total. The summed E-state index contributed by atoms with van der Waals surface area (Å²) in [6, 6.07) is 7.41. The van der Waals surface area contributed by atoms with Gasteiger partial charge in [0.05, 0.1) is 13.2 Å². The second kappa shape index (κ2) is 7.23. The van der Waals surface area contributed by atoms with Crippen molar-refractivity contribution in [3.8, 4) is 0 Å². The number of morpholine rings is 1. The zero-order valence-corrected chi connectivity index (χ0v) is 14.9. The van der Waals surface area contributed by atoms with Crippen LogP contribution in [0.2, 0.25) is 0 Å². The van der Waals surface area contributed by atoms with Gasteiger partial charge in [-0.1, -0.05) is 12.1 Å². The maximum Gasteiger partial charge on any atom is 0.0620 e. The van der Waals surface area contributed by atoms with Gasteiger partial charge >= 0.3 is 0 Å². The lowest BCUT2D eigenvalue weighted by Gasteiger charge is -2.45. The average Bonchev–Trinajstić information content (AvgIpc) is 2.46. The number of nitrogens with two attached hydrogens (primary N) is 1. The largest absolute Gasteiger partial charge is 0.398 e. The van der Waals surface area contributed by atoms with Crippen LogP contribution in [0.3, 0.4) is 0 Å². The van der Waals surface area contributed by atoms with Gasteiger partial charge in [0.1, 0.15) is 0 Å². The maximum atomic E-state index is 6.13. The fraction of sp³-hybridized carbons (Fsp3) is 0.700. The Morgan fingerprint density at radius 2 is 1.83 bits per heavy atom. The van der Waals surface area contributed by atoms with E-state index in [1.54, 1.807) is 0 Å². The third-order valence-electron chi connectivity index (χ3n) is 5.90. The molecule has 2 fully saturated rings. The summed E-state index contributed by atoms with van der Waals surface area (Å²) in [4.78, 5) is 2.66. The Morgan fingerprint density at radius 1 is 1.13 bits per heavy atom. The summed E-state index contributed by atoms with van der Waals surface area (Å²) in [5, 5.41) is 0. The summed E-state index contributed by atoms with van der Waals surface area (Å²) in [6.07, 6.45) is 5.21. The van der Waals surface area contributed by atoms with Crippen molar-refractivity contribution in [2.24, 2.45) is 11.8 Å². The number of hydrogen-bond acceptors (Lipinski definition) is 3. The first kappa shape index (κ1) is 16.8. The lowest BCUT2D eigenvalue weighted by atomic mass is 9.71. The second-order valence-corrected chi connectivity index (χ2v) is 7.82. The molecule has 3 heteroatoms. The molecule has 1 aromatic rings. The van der Waals surface area contributed by atoms with Crippen LogP contribution in [0.4, 0.5) is 5.69 Å². The summed E-state index contributed by atoms with van der Waals surface area (Å²) < 4.78 is 5.64. The highest BCUT2D eigenvalue weighted by Gasteiger charge is 2.34. The van der Waals surface area contributed by atoms with Crippen molar-refractivity contribution in [1.82, 2.24) is 4.90 Å². The molecule has 1 aliphatic carbocycles. The number of aryl methyl sites for hydroxylation is 1. The van der Waals surface area contributed by atoms with Crippen molar-refractivity contribution < 1.29 is 4.74 Å². The van der Waals surface area contributed by atoms with E-state index in [4.69, 9.17) is 10.5 Å². The molecular weight excluding hydrogens is 284 g/mol. The molecule has 0 radical (unpaired) electrons. The SMILES string of the molecule is Cc1cccc(N)c1CCC1CC(CN2[C@@H](C)COC[C@@H]2C)C1. The minimum Gasteiger partial charge on any atom is -0.398 e. The third-order valence-corrected chi connectivity index (χ3v) is 5.90. The van der Waals surface area contributed by atoms with E-state index in [1.807, 2.05) is 6.07 Å². The van der Waals surface area contributed by atoms with Gasteiger partial charge < -0.3 is 10.5 Å². The smallest absolute Gasteiger partial charge is 0.0620 e. The molecule has 1 saturated carbocycles. The molecule has 1 heterocycles. The highest BCUT2D eigenvalue weighted by molar-refractivity contribution is 5.50. The Balaban J connectivity index is 1.43. The van der Waals surface area contributed by atoms with Crippen molar-refractivity contribution in [3.05, 3.63) is 29.3 Å². The number of benzene rings is 1. The third kappa shape index (κ3) is 3.89. The molecule has 1 aromatic carbocycles. The van der Waals surface area contributed by atoms with E-state index in [0.29, 0.717) is 12.1 Å². The lowest BCUT2D eigenvalue weighted by Crippen LogP contribution is -2.52. The quantitative estimate of drug-likeness (QED) is 0.843. The van der Waals surface area contributed by atoms with Crippen LogP contribution in [-0.2, 0) is 11.2 Å². The molecule has 0 bridgehead atoms. The van der Waals surface area contributed by atoms with Crippen LogP contribution < -0.4 is 5.73 Å². The Kier molecular flexibility index (Phi) is 5.27. The molecular formula is C20H32N2O. The monoisotopic (exact) mass is 316 g/mol. The standard InChI is InChI=1S/C20H32N2O/c1-14-5-4-6-20(21)19(14)8-7-17-9-18(10-17)11-22-15(2)12-23-13-16(22)3/h4-6,15-18H,7-13,21H2,1-3H3/t15-,16-,17?,18?/m0/s1. The zero-order chi connectivity index (χ0) is 16.4. The van der Waals surface area contributed by atoms with E-state index in [1.165, 1.54) is 36.9 Å². The van der Waals surface area contributed by atoms with Crippen LogP contribution in [0.1, 0.15) is 44.2 Å². The second-order valence-electron chi connectivity index (χ2n) is 7.82. The van der Waals surface area contributed by atoms with Crippen molar-refractivity contribution in [2.45, 2.75) is 58.5 Å². The zero-order valence-electron chi connectivity index (χ0n) is 14.9. The van der Waals surface area contributed by atoms with Gasteiger partial charge in [-0.05, 0) is 75.5 Å². The van der Waals surface area contributed by atoms with E-state index in [9.17, 15) is 0 Å². The van der Waals surface area contributed by atoms with Crippen LogP contribution in [0.25, 0.3) is 0 Å². The number of hydrogen-bond donors (Lipinski definition) is 1. The van der Waals surface area contributed by atoms with E-state index >= 15 is 0 Å². The Morgan fingerprint density at radius 3 is 2.48 bits per heavy atom. The van der Waals surface area contributed by atoms with Crippen molar-refractivity contribution >= 4 is 5.69 Å². The molecule has 2 N–H and O–H groups in total. The predicted octanol–water partition coefficient (Wildman–Crippen LogP) is 3.65. The van der Waals surface area contributed by atoms with Gasteiger partial charge in [0.25, 0.3) is 0 Å². The minimum atomic E-state index is 0.574. The fourth-order valence-electron chi connectivity index (χ4n) is 4.37. The van der Waals surface area contributed by atoms with Gasteiger partial charge in [0.2, 0.25) is 0 Å². The van der Waals surface area contributed by atoms with Gasteiger partial charge in [-0.15, -0.1) is 0 Å². The van der Waals surface area contributed by atoms with E-state index in [-0.39, 0.29) is 0 Å². The molecule has 3 rings (SSSR count). The molecule has 0 aromatic heterocycles. The fourth-order valence-corrected chi connectivity index (χ4v) is 4.37. The van der Waals surface area contributed by atoms with Gasteiger partial charge in [0.15, 0.2) is 0 Å². The number of anilines is 1. The van der Waals surface area contributed by atoms with Crippen LogP contribution in [0.15, 0.2) is 18.2 Å². The summed E-state index contributed by atoms with van der Waals surface area (Å²) in [7, 11) is 0. The summed E-state index contributed by atoms with van der Waals surface area (Å²) in [5.41, 5.74) is 9.81. The summed E-state index contributed by atoms with van der Waals surface area (Å²) in [5.74, 6) is 1.78. The molecule has 1 saturated heterocycles. The molecule has 0 amide bonds. The highest BCUT2D eigenvalue weighted by atomic mass is 16.5. The van der Waals surface area contributed by atoms with E-state index in [2.05, 4.69) is 37.8 Å². The number of nitrogens with zero attached hydrogens (tertiary/aromatic N) is 1. The topological polar surface area (TPSA) is 38.5 Å². The van der Waals surface area contributed by atoms with Gasteiger partial charge in [-0.3, -0.25) is 4.90 Å². The summed E-state index contributed by atoms with van der Waals surface area (Å²) in [6.45, 7) is 9.82. The molecule has 2 atom stereocenters. The Hall–Kier alpha value is -1.06. The van der Waals surface area contributed by atoms with E-state index < -0.39 is 0 Å². The molecule has 2 aliphatic rings. The normalized spacial score (nSPS) is 31.8. The van der Waals surface area contributed by atoms with Crippen molar-refractivity contribution in [2.75, 3.05) is 25.5 Å². The van der Waals surface area contributed by atoms with Gasteiger partial charge in [-0.25, -0.2) is 0 Å². The first-order valence-corrected chi connectivity index (χ1v) is 9.22. The summed E-state index contributed by atoms with van der Waals surface area (Å²) >= 11 is 0. The molecule has 23 heavy (non-hydrogen) atoms. The first-order chi connectivity index (χ1) is 11.0. The van der Waals surface area contributed by atoms with Crippen LogP contribution >= 0.6 is 0 Å². The molecule has 128 valence electrons. The molecule has 1 aliphatic heterocycles. The van der Waals surface area contributed by atoms with Crippen molar-refractivity contribution in [1.29, 1.82) is 0 Å². The molecule has 0 spiro atoms. The number of ether oxygens (including phenoxy) is 1. The average molecular weight is 316 g/mol. The minimum absolute atomic E-state index is 0.574. The number of nitrogen functional groups attached to an aromatic ring is 1. The predicted molar refractivity (Wildman–Crippen MR) is 96.6 cm³/mol. The maximum absolute atomic E-state index is 6.13. The van der Waals surface area contributed by atoms with Crippen LogP contribution in [-0.4, -0.2) is 36.7 Å². The van der Waals surface area contributed by atoms with Crippen LogP contribution in [0.5, 0.6) is 0 Å². The lowest BCUT2D eigenvalue weighted by molar-refractivity contribution is -0.0526. The van der Waals surface area contributed by atoms with Crippen molar-refractivity contribution in [3.63, 3.8) is 0 Å². The van der Waals surface area contributed by atoms with Gasteiger partial charge in [0, 0.05) is 24.3 Å². The van der Waals surface area contributed by atoms with E-state index in [0.717, 1.165) is 37.2 Å². The Labute approximate surface area is 141 Å². The molecule has 0 unspecified atom stereocenters. The first-order valence-electron chi connectivity index (χ1n) is 9.22. The van der Waals surface area contributed by atoms with Crippen LogP contribution in [0, 0.1) is 18.8 Å². The van der Waals surface area contributed by atoms with Gasteiger partial charge in [-0.2, -0.15) is 0 Å². The highest BCUT2D eigenvalue weighted by Crippen LogP contribution is 2.38. The Bertz CT molecular complexity index is 494.